The lowest BCUT2D eigenvalue weighted by molar-refractivity contribution is 0.652. The number of fused-ring (bicyclic) bond motifs is 10. The smallest absolute Gasteiger partial charge is 0.247 e. The summed E-state index contributed by atoms with van der Waals surface area (Å²) >= 11 is 0. The molecule has 3 nitrogen and oxygen atoms in total. The SMILES string of the molecule is CC1(C)c2cccc3c2B(c2cccc4c2N3c2ccccc2N4c2ccccc2)c2ccc3c(c21)c1ccccc1n3-c1ccccc1. The fourth-order valence-corrected chi connectivity index (χ4v) is 9.46. The quantitative estimate of drug-likeness (QED) is 0.177. The van der Waals surface area contributed by atoms with Crippen molar-refractivity contribution < 1.29 is 0 Å². The number of benzene rings is 7. The van der Waals surface area contributed by atoms with Crippen LogP contribution in [0.1, 0.15) is 25.0 Å². The highest BCUT2D eigenvalue weighted by molar-refractivity contribution is 6.99. The van der Waals surface area contributed by atoms with Gasteiger partial charge in [-0.1, -0.05) is 116 Å². The Hall–Kier alpha value is -6.00. The van der Waals surface area contributed by atoms with Gasteiger partial charge in [0.1, 0.15) is 0 Å². The fourth-order valence-electron chi connectivity index (χ4n) is 9.46. The van der Waals surface area contributed by atoms with E-state index in [2.05, 4.69) is 186 Å². The van der Waals surface area contributed by atoms with E-state index in [4.69, 9.17) is 0 Å². The molecule has 0 radical (unpaired) electrons. The predicted octanol–water partition coefficient (Wildman–Crippen LogP) is 9.51. The number of hydrogen-bond acceptors (Lipinski definition) is 2. The minimum Gasteiger partial charge on any atom is -0.309 e. The van der Waals surface area contributed by atoms with Crippen molar-refractivity contribution in [3.8, 4) is 5.69 Å². The van der Waals surface area contributed by atoms with Crippen LogP contribution in [0.25, 0.3) is 27.5 Å². The number of hydrogen-bond donors (Lipinski definition) is 0. The monoisotopic (exact) mass is 625 g/mol. The lowest BCUT2D eigenvalue weighted by Crippen LogP contribution is -2.64. The summed E-state index contributed by atoms with van der Waals surface area (Å²) < 4.78 is 2.45. The van der Waals surface area contributed by atoms with Gasteiger partial charge in [-0.25, -0.2) is 0 Å². The van der Waals surface area contributed by atoms with E-state index >= 15 is 0 Å². The van der Waals surface area contributed by atoms with E-state index < -0.39 is 0 Å². The molecule has 4 heterocycles. The van der Waals surface area contributed by atoms with Crippen LogP contribution in [0.2, 0.25) is 0 Å². The van der Waals surface area contributed by atoms with E-state index in [0.717, 1.165) is 0 Å². The normalized spacial score (nSPS) is 14.8. The summed E-state index contributed by atoms with van der Waals surface area (Å²) in [7, 11) is 0. The highest BCUT2D eigenvalue weighted by atomic mass is 15.3. The largest absolute Gasteiger partial charge is 0.309 e. The van der Waals surface area contributed by atoms with Gasteiger partial charge in [-0.15, -0.1) is 0 Å². The summed E-state index contributed by atoms with van der Waals surface area (Å²) in [4.78, 5) is 5.00. The highest BCUT2D eigenvalue weighted by Crippen LogP contribution is 2.55. The van der Waals surface area contributed by atoms with Crippen LogP contribution in [0.15, 0.2) is 158 Å². The Balaban J connectivity index is 1.26. The third-order valence-electron chi connectivity index (χ3n) is 11.3. The molecular formula is C45H32BN3. The summed E-state index contributed by atoms with van der Waals surface area (Å²) in [6.45, 7) is 4.99. The topological polar surface area (TPSA) is 11.4 Å². The fraction of sp³-hybridized carbons (Fsp3) is 0.0667. The molecule has 3 aliphatic rings. The molecule has 0 aliphatic carbocycles. The van der Waals surface area contributed by atoms with Crippen LogP contribution in [-0.4, -0.2) is 11.3 Å². The van der Waals surface area contributed by atoms with E-state index in [1.54, 1.807) is 0 Å². The summed E-state index contributed by atoms with van der Waals surface area (Å²) in [6, 6.07) is 58.3. The molecule has 3 aliphatic heterocycles. The summed E-state index contributed by atoms with van der Waals surface area (Å²) in [5, 5.41) is 2.67. The Morgan fingerprint density at radius 2 is 1.10 bits per heavy atom. The van der Waals surface area contributed by atoms with Crippen LogP contribution in [0.4, 0.5) is 34.1 Å². The van der Waals surface area contributed by atoms with Gasteiger partial charge in [0.15, 0.2) is 0 Å². The summed E-state index contributed by atoms with van der Waals surface area (Å²) in [5.74, 6) is 0. The molecule has 49 heavy (non-hydrogen) atoms. The lowest BCUT2D eigenvalue weighted by atomic mass is 9.30. The second-order valence-electron chi connectivity index (χ2n) is 14.1. The molecule has 8 aromatic rings. The second-order valence-corrected chi connectivity index (χ2v) is 14.1. The van der Waals surface area contributed by atoms with Crippen LogP contribution in [0, 0.1) is 0 Å². The average molecular weight is 626 g/mol. The zero-order valence-corrected chi connectivity index (χ0v) is 27.4. The van der Waals surface area contributed by atoms with E-state index in [1.807, 2.05) is 0 Å². The first kappa shape index (κ1) is 27.0. The van der Waals surface area contributed by atoms with Gasteiger partial charge in [-0.2, -0.15) is 0 Å². The molecule has 0 N–H and O–H groups in total. The molecular weight excluding hydrogens is 593 g/mol. The van der Waals surface area contributed by atoms with Gasteiger partial charge in [-0.05, 0) is 82.7 Å². The summed E-state index contributed by atoms with van der Waals surface area (Å²) in [5.41, 5.74) is 17.9. The van der Waals surface area contributed by atoms with Gasteiger partial charge in [0.25, 0.3) is 0 Å². The molecule has 0 bridgehead atoms. The van der Waals surface area contributed by atoms with E-state index in [1.165, 1.54) is 89.1 Å². The third-order valence-corrected chi connectivity index (χ3v) is 11.3. The zero-order valence-electron chi connectivity index (χ0n) is 27.4. The number of para-hydroxylation sites is 6. The maximum absolute atomic E-state index is 2.55. The highest BCUT2D eigenvalue weighted by Gasteiger charge is 2.49. The number of anilines is 6. The van der Waals surface area contributed by atoms with Crippen LogP contribution >= 0.6 is 0 Å². The molecule has 1 aromatic heterocycles. The molecule has 0 amide bonds. The maximum atomic E-state index is 2.55. The van der Waals surface area contributed by atoms with Gasteiger partial charge in [0.2, 0.25) is 6.71 Å². The van der Waals surface area contributed by atoms with Gasteiger partial charge in [-0.3, -0.25) is 0 Å². The molecule has 0 unspecified atom stereocenters. The predicted molar refractivity (Wildman–Crippen MR) is 207 cm³/mol. The lowest BCUT2D eigenvalue weighted by Gasteiger charge is -2.49. The van der Waals surface area contributed by atoms with Crippen molar-refractivity contribution in [2.45, 2.75) is 19.3 Å². The Bertz CT molecular complexity index is 2660. The van der Waals surface area contributed by atoms with Gasteiger partial charge < -0.3 is 14.4 Å². The minimum atomic E-state index is -0.233. The van der Waals surface area contributed by atoms with E-state index in [0.29, 0.717) is 0 Å². The molecule has 0 fully saturated rings. The van der Waals surface area contributed by atoms with Crippen molar-refractivity contribution in [2.24, 2.45) is 0 Å². The molecule has 0 saturated carbocycles. The molecule has 230 valence electrons. The van der Waals surface area contributed by atoms with E-state index in [9.17, 15) is 0 Å². The van der Waals surface area contributed by atoms with Crippen LogP contribution < -0.4 is 26.2 Å². The van der Waals surface area contributed by atoms with Crippen LogP contribution in [-0.2, 0) is 5.41 Å². The van der Waals surface area contributed by atoms with Crippen molar-refractivity contribution >= 4 is 79.0 Å². The Morgan fingerprint density at radius 1 is 0.469 bits per heavy atom. The Labute approximate surface area is 286 Å². The van der Waals surface area contributed by atoms with E-state index in [-0.39, 0.29) is 12.1 Å². The van der Waals surface area contributed by atoms with Crippen molar-refractivity contribution in [1.29, 1.82) is 0 Å². The van der Waals surface area contributed by atoms with Gasteiger partial charge in [0.05, 0.1) is 33.8 Å². The third kappa shape index (κ3) is 3.38. The van der Waals surface area contributed by atoms with Gasteiger partial charge >= 0.3 is 0 Å². The maximum Gasteiger partial charge on any atom is 0.247 e. The standard InChI is InChI=1S/C45H32BN3/c1-45(2)32-20-13-25-39-43(32)46(33-27-28-38-41(42(33)45)31-19-9-10-22-35(31)47(38)29-15-5-3-6-16-29)34-21-14-26-40-44(34)49(39)37-24-12-11-23-36(37)48(40)30-17-7-4-8-18-30/h3-28H,1-2H3. The van der Waals surface area contributed by atoms with Crippen molar-refractivity contribution in [3.05, 3.63) is 169 Å². The first-order valence-corrected chi connectivity index (χ1v) is 17.3. The molecule has 11 rings (SSSR count). The minimum absolute atomic E-state index is 0.103. The molecule has 7 aromatic carbocycles. The first-order valence-electron chi connectivity index (χ1n) is 17.3. The van der Waals surface area contributed by atoms with Crippen LogP contribution in [0.5, 0.6) is 0 Å². The second kappa shape index (κ2) is 9.55. The number of rotatable bonds is 2. The molecule has 0 atom stereocenters. The number of aromatic nitrogens is 1. The zero-order chi connectivity index (χ0) is 32.4. The Morgan fingerprint density at radius 3 is 1.90 bits per heavy atom. The van der Waals surface area contributed by atoms with Crippen LogP contribution in [0.3, 0.4) is 0 Å². The number of nitrogens with zero attached hydrogens (tertiary/aromatic N) is 3. The van der Waals surface area contributed by atoms with Crippen molar-refractivity contribution in [3.63, 3.8) is 0 Å². The van der Waals surface area contributed by atoms with Gasteiger partial charge in [0, 0.05) is 33.2 Å². The van der Waals surface area contributed by atoms with Crippen molar-refractivity contribution in [1.82, 2.24) is 4.57 Å². The van der Waals surface area contributed by atoms with Crippen molar-refractivity contribution in [2.75, 3.05) is 9.80 Å². The molecule has 4 heteroatoms. The average Bonchev–Trinajstić information content (AvgIpc) is 3.49. The molecule has 0 saturated heterocycles. The summed E-state index contributed by atoms with van der Waals surface area (Å²) in [6.07, 6.45) is 0. The Kier molecular flexibility index (Phi) is 5.26. The first-order chi connectivity index (χ1) is 24.1. The molecule has 0 spiro atoms.